The minimum absolute atomic E-state index is 0.626. The topological polar surface area (TPSA) is 60.0 Å². The smallest absolute Gasteiger partial charge is 0.257 e. The van der Waals surface area contributed by atoms with Crippen molar-refractivity contribution in [1.29, 1.82) is 0 Å². The number of rotatable bonds is 5. The highest BCUT2D eigenvalue weighted by Crippen LogP contribution is 2.25. The fourth-order valence-corrected chi connectivity index (χ4v) is 3.79. The van der Waals surface area contributed by atoms with Crippen molar-refractivity contribution in [3.05, 3.63) is 41.4 Å². The highest BCUT2D eigenvalue weighted by atomic mass is 32.1. The highest BCUT2D eigenvalue weighted by molar-refractivity contribution is 7.13. The third kappa shape index (κ3) is 3.35. The lowest BCUT2D eigenvalue weighted by Crippen LogP contribution is -2.20. The van der Waals surface area contributed by atoms with Crippen LogP contribution < -0.4 is 0 Å². The van der Waals surface area contributed by atoms with Crippen LogP contribution in [-0.4, -0.2) is 38.0 Å². The molecule has 0 spiro atoms. The number of likely N-dealkylation sites (tertiary alicyclic amines) is 1. The monoisotopic (exact) mass is 329 g/mol. The molecule has 23 heavy (non-hydrogen) atoms. The lowest BCUT2D eigenvalue weighted by molar-refractivity contribution is 0.281. The van der Waals surface area contributed by atoms with Crippen LogP contribution in [0.25, 0.3) is 10.8 Å². The Bertz CT molecular complexity index is 763. The summed E-state index contributed by atoms with van der Waals surface area (Å²) in [5, 5.41) is 14.6. The first kappa shape index (κ1) is 14.6. The van der Waals surface area contributed by atoms with E-state index in [0.717, 1.165) is 30.9 Å². The zero-order valence-electron chi connectivity index (χ0n) is 13.1. The molecule has 1 aliphatic heterocycles. The van der Waals surface area contributed by atoms with Crippen molar-refractivity contribution >= 4 is 11.3 Å². The minimum Gasteiger partial charge on any atom is -0.419 e. The van der Waals surface area contributed by atoms with E-state index in [1.54, 1.807) is 11.3 Å². The van der Waals surface area contributed by atoms with Crippen LogP contribution in [0.1, 0.15) is 17.9 Å². The second-order valence-electron chi connectivity index (χ2n) is 6.09. The number of hydrogen-bond acceptors (Lipinski definition) is 6. The zero-order valence-corrected chi connectivity index (χ0v) is 13.9. The standard InChI is InChI=1S/C16H19N5OS/c1-20-9-13(8-17-20)7-12-4-5-21(10-12)11-15-18-19-16(22-15)14-3-2-6-23-14/h2-3,6,8-9,12H,4-5,7,10-11H2,1H3/t12-/m1/s1. The number of aromatic nitrogens is 4. The maximum absolute atomic E-state index is 5.78. The van der Waals surface area contributed by atoms with Crippen molar-refractivity contribution in [2.75, 3.05) is 13.1 Å². The van der Waals surface area contributed by atoms with Gasteiger partial charge in [0, 0.05) is 19.8 Å². The van der Waals surface area contributed by atoms with Gasteiger partial charge in [-0.2, -0.15) is 5.10 Å². The molecule has 0 aromatic carbocycles. The van der Waals surface area contributed by atoms with E-state index in [1.165, 1.54) is 12.0 Å². The van der Waals surface area contributed by atoms with Gasteiger partial charge in [0.2, 0.25) is 5.89 Å². The molecule has 0 unspecified atom stereocenters. The van der Waals surface area contributed by atoms with Gasteiger partial charge in [-0.3, -0.25) is 9.58 Å². The fourth-order valence-electron chi connectivity index (χ4n) is 3.14. The fraction of sp³-hybridized carbons (Fsp3) is 0.438. The quantitative estimate of drug-likeness (QED) is 0.720. The Morgan fingerprint density at radius 1 is 1.39 bits per heavy atom. The zero-order chi connectivity index (χ0) is 15.6. The Morgan fingerprint density at radius 2 is 2.35 bits per heavy atom. The average molecular weight is 329 g/mol. The summed E-state index contributed by atoms with van der Waals surface area (Å²) in [7, 11) is 1.96. The van der Waals surface area contributed by atoms with Gasteiger partial charge in [0.05, 0.1) is 17.6 Å². The summed E-state index contributed by atoms with van der Waals surface area (Å²) < 4.78 is 7.65. The van der Waals surface area contributed by atoms with E-state index in [4.69, 9.17) is 4.42 Å². The molecule has 4 heterocycles. The molecular formula is C16H19N5OS. The number of thiophene rings is 1. The summed E-state index contributed by atoms with van der Waals surface area (Å²) in [4.78, 5) is 3.42. The number of nitrogens with zero attached hydrogens (tertiary/aromatic N) is 5. The Balaban J connectivity index is 1.33. The van der Waals surface area contributed by atoms with Crippen molar-refractivity contribution in [2.45, 2.75) is 19.4 Å². The molecule has 0 radical (unpaired) electrons. The summed E-state index contributed by atoms with van der Waals surface area (Å²) >= 11 is 1.62. The van der Waals surface area contributed by atoms with Gasteiger partial charge in [-0.05, 0) is 42.3 Å². The predicted octanol–water partition coefficient (Wildman–Crippen LogP) is 2.60. The van der Waals surface area contributed by atoms with Crippen LogP contribution in [-0.2, 0) is 20.0 Å². The number of hydrogen-bond donors (Lipinski definition) is 0. The van der Waals surface area contributed by atoms with Gasteiger partial charge in [0.1, 0.15) is 0 Å². The average Bonchev–Trinajstić information content (AvgIpc) is 3.29. The lowest BCUT2D eigenvalue weighted by atomic mass is 10.0. The molecule has 1 aliphatic rings. The van der Waals surface area contributed by atoms with E-state index in [-0.39, 0.29) is 0 Å². The van der Waals surface area contributed by atoms with E-state index < -0.39 is 0 Å². The second-order valence-corrected chi connectivity index (χ2v) is 7.04. The summed E-state index contributed by atoms with van der Waals surface area (Å²) in [5.74, 6) is 2.01. The first-order chi connectivity index (χ1) is 11.3. The van der Waals surface area contributed by atoms with Crippen molar-refractivity contribution in [3.8, 4) is 10.8 Å². The van der Waals surface area contributed by atoms with Gasteiger partial charge in [0.15, 0.2) is 0 Å². The van der Waals surface area contributed by atoms with Crippen LogP contribution in [0, 0.1) is 5.92 Å². The summed E-state index contributed by atoms with van der Waals surface area (Å²) in [6, 6.07) is 4.00. The van der Waals surface area contributed by atoms with E-state index in [0.29, 0.717) is 17.7 Å². The van der Waals surface area contributed by atoms with Crippen LogP contribution in [0.4, 0.5) is 0 Å². The van der Waals surface area contributed by atoms with Gasteiger partial charge in [0.25, 0.3) is 5.89 Å². The molecule has 0 amide bonds. The molecule has 0 aliphatic carbocycles. The Kier molecular flexibility index (Phi) is 3.97. The molecule has 1 fully saturated rings. The lowest BCUT2D eigenvalue weighted by Gasteiger charge is -2.13. The van der Waals surface area contributed by atoms with Crippen LogP contribution >= 0.6 is 11.3 Å². The SMILES string of the molecule is Cn1cc(C[C@H]2CCN(Cc3nnc(-c4cccs4)o3)C2)cn1. The first-order valence-electron chi connectivity index (χ1n) is 7.82. The molecule has 3 aromatic heterocycles. The van der Waals surface area contributed by atoms with Gasteiger partial charge in [-0.25, -0.2) is 0 Å². The van der Waals surface area contributed by atoms with Crippen LogP contribution in [0.3, 0.4) is 0 Å². The van der Waals surface area contributed by atoms with E-state index in [9.17, 15) is 0 Å². The van der Waals surface area contributed by atoms with Crippen LogP contribution in [0.2, 0.25) is 0 Å². The van der Waals surface area contributed by atoms with Crippen molar-refractivity contribution in [3.63, 3.8) is 0 Å². The molecule has 0 bridgehead atoms. The largest absolute Gasteiger partial charge is 0.419 e. The van der Waals surface area contributed by atoms with Crippen LogP contribution in [0.5, 0.6) is 0 Å². The van der Waals surface area contributed by atoms with Crippen molar-refractivity contribution in [1.82, 2.24) is 24.9 Å². The summed E-state index contributed by atoms with van der Waals surface area (Å²) in [6.07, 6.45) is 6.37. The maximum atomic E-state index is 5.78. The molecule has 1 atom stereocenters. The number of aryl methyl sites for hydroxylation is 1. The van der Waals surface area contributed by atoms with Gasteiger partial charge in [-0.1, -0.05) is 6.07 Å². The third-order valence-corrected chi connectivity index (χ3v) is 5.07. The van der Waals surface area contributed by atoms with E-state index in [1.807, 2.05) is 35.4 Å². The Hall–Kier alpha value is -1.99. The van der Waals surface area contributed by atoms with Gasteiger partial charge in [-0.15, -0.1) is 21.5 Å². The summed E-state index contributed by atoms with van der Waals surface area (Å²) in [6.45, 7) is 2.90. The van der Waals surface area contributed by atoms with E-state index >= 15 is 0 Å². The normalized spacial score (nSPS) is 18.7. The maximum Gasteiger partial charge on any atom is 0.257 e. The molecule has 1 saturated heterocycles. The third-order valence-electron chi connectivity index (χ3n) is 4.21. The predicted molar refractivity (Wildman–Crippen MR) is 87.9 cm³/mol. The Labute approximate surface area is 138 Å². The molecule has 0 saturated carbocycles. The minimum atomic E-state index is 0.626. The van der Waals surface area contributed by atoms with Crippen LogP contribution in [0.15, 0.2) is 34.3 Å². The van der Waals surface area contributed by atoms with E-state index in [2.05, 4.69) is 26.4 Å². The molecule has 6 nitrogen and oxygen atoms in total. The van der Waals surface area contributed by atoms with Crippen molar-refractivity contribution < 1.29 is 4.42 Å². The Morgan fingerprint density at radius 3 is 3.13 bits per heavy atom. The van der Waals surface area contributed by atoms with Crippen molar-refractivity contribution in [2.24, 2.45) is 13.0 Å². The summed E-state index contributed by atoms with van der Waals surface area (Å²) in [5.41, 5.74) is 1.32. The second kappa shape index (κ2) is 6.25. The molecule has 7 heteroatoms. The molecule has 0 N–H and O–H groups in total. The molecule has 3 aromatic rings. The highest BCUT2D eigenvalue weighted by Gasteiger charge is 2.24. The van der Waals surface area contributed by atoms with Gasteiger partial charge < -0.3 is 4.42 Å². The first-order valence-corrected chi connectivity index (χ1v) is 8.70. The molecular weight excluding hydrogens is 310 g/mol. The molecule has 120 valence electrons. The van der Waals surface area contributed by atoms with Gasteiger partial charge >= 0.3 is 0 Å². The molecule has 4 rings (SSSR count).